The largest absolute Gasteiger partial charge is 0.385 e. The van der Waals surface area contributed by atoms with Crippen LogP contribution in [0, 0.1) is 0 Å². The average molecular weight is 349 g/mol. The fourth-order valence-corrected chi connectivity index (χ4v) is 2.58. The van der Waals surface area contributed by atoms with E-state index in [9.17, 15) is 0 Å². The van der Waals surface area contributed by atoms with E-state index in [1.807, 2.05) is 19.0 Å². The van der Waals surface area contributed by atoms with Crippen molar-refractivity contribution >= 4 is 44.4 Å². The van der Waals surface area contributed by atoms with Crippen molar-refractivity contribution in [1.82, 2.24) is 19.7 Å². The number of methoxy groups -OCH3 is 1. The summed E-state index contributed by atoms with van der Waals surface area (Å²) < 4.78 is 7.47. The molecule has 0 unspecified atom stereocenters. The first-order valence-corrected chi connectivity index (χ1v) is 6.97. The van der Waals surface area contributed by atoms with Gasteiger partial charge in [0.2, 0.25) is 5.28 Å². The minimum atomic E-state index is 0.217. The Kier molecular flexibility index (Phi) is 4.59. The second kappa shape index (κ2) is 6.02. The fourth-order valence-electron chi connectivity index (χ4n) is 1.91. The maximum atomic E-state index is 5.98. The number of aryl methyl sites for hydroxylation is 1. The maximum absolute atomic E-state index is 5.98. The first-order valence-electron chi connectivity index (χ1n) is 5.80. The number of rotatable bonds is 5. The monoisotopic (exact) mass is 347 g/mol. The van der Waals surface area contributed by atoms with Gasteiger partial charge in [0.1, 0.15) is 11.0 Å². The van der Waals surface area contributed by atoms with Crippen LogP contribution in [0.4, 0.5) is 5.82 Å². The number of anilines is 1. The number of ether oxygens (including phenoxy) is 1. The van der Waals surface area contributed by atoms with Crippen molar-refractivity contribution in [2.75, 3.05) is 32.2 Å². The van der Waals surface area contributed by atoms with Crippen molar-refractivity contribution in [1.29, 1.82) is 0 Å². The summed E-state index contributed by atoms with van der Waals surface area (Å²) in [5.74, 6) is 0.770. The minimum Gasteiger partial charge on any atom is -0.385 e. The lowest BCUT2D eigenvalue weighted by atomic mass is 10.3. The van der Waals surface area contributed by atoms with Crippen LogP contribution >= 0.6 is 27.5 Å². The highest BCUT2D eigenvalue weighted by molar-refractivity contribution is 9.10. The summed E-state index contributed by atoms with van der Waals surface area (Å²) in [4.78, 5) is 10.6. The number of fused-ring (bicyclic) bond motifs is 1. The Balaban J connectivity index is 2.41. The molecule has 0 aliphatic heterocycles. The summed E-state index contributed by atoms with van der Waals surface area (Å²) in [6.07, 6.45) is 0.912. The highest BCUT2D eigenvalue weighted by atomic mass is 79.9. The van der Waals surface area contributed by atoms with Crippen LogP contribution in [0.25, 0.3) is 11.0 Å². The van der Waals surface area contributed by atoms with Gasteiger partial charge in [0, 0.05) is 34.4 Å². The molecule has 0 aromatic carbocycles. The van der Waals surface area contributed by atoms with E-state index >= 15 is 0 Å². The van der Waals surface area contributed by atoms with Gasteiger partial charge in [-0.1, -0.05) is 0 Å². The molecule has 19 heavy (non-hydrogen) atoms. The highest BCUT2D eigenvalue weighted by Gasteiger charge is 2.17. The van der Waals surface area contributed by atoms with Gasteiger partial charge >= 0.3 is 0 Å². The molecule has 0 saturated carbocycles. The molecule has 6 nitrogen and oxygen atoms in total. The molecular weight excluding hydrogens is 334 g/mol. The molecule has 0 bridgehead atoms. The first kappa shape index (κ1) is 14.5. The van der Waals surface area contributed by atoms with Gasteiger partial charge in [-0.3, -0.25) is 4.68 Å². The van der Waals surface area contributed by atoms with E-state index in [0.717, 1.165) is 29.8 Å². The predicted octanol–water partition coefficient (Wildman–Crippen LogP) is 2.25. The van der Waals surface area contributed by atoms with Crippen molar-refractivity contribution in [3.8, 4) is 0 Å². The standard InChI is InChI=1S/C11H15BrClN5O/c1-17(5-4-6-19-3)10-8-7(14-11(13)15-10)9(12)16-18(8)2/h4-6H2,1-3H3. The Morgan fingerprint density at radius 2 is 2.16 bits per heavy atom. The zero-order valence-electron chi connectivity index (χ0n) is 11.0. The van der Waals surface area contributed by atoms with Crippen LogP contribution in [0.2, 0.25) is 5.28 Å². The Morgan fingerprint density at radius 1 is 1.42 bits per heavy atom. The second-order valence-electron chi connectivity index (χ2n) is 4.20. The summed E-state index contributed by atoms with van der Waals surface area (Å²) in [6.45, 7) is 1.53. The van der Waals surface area contributed by atoms with Crippen LogP contribution in [0.5, 0.6) is 0 Å². The van der Waals surface area contributed by atoms with Gasteiger partial charge in [0.15, 0.2) is 10.4 Å². The number of hydrogen-bond donors (Lipinski definition) is 0. The molecule has 0 N–H and O–H groups in total. The van der Waals surface area contributed by atoms with Gasteiger partial charge in [-0.05, 0) is 34.0 Å². The molecule has 2 aromatic heterocycles. The Bertz CT molecular complexity index is 588. The number of nitrogens with zero attached hydrogens (tertiary/aromatic N) is 5. The SMILES string of the molecule is COCCCN(C)c1nc(Cl)nc2c(Br)nn(C)c12. The summed E-state index contributed by atoms with van der Waals surface area (Å²) in [5, 5.41) is 4.51. The molecule has 104 valence electrons. The van der Waals surface area contributed by atoms with Crippen LogP contribution in [-0.4, -0.2) is 47.1 Å². The molecule has 0 amide bonds. The number of hydrogen-bond acceptors (Lipinski definition) is 5. The lowest BCUT2D eigenvalue weighted by Crippen LogP contribution is -2.22. The normalized spacial score (nSPS) is 11.2. The Hall–Kier alpha value is -0.920. The summed E-state index contributed by atoms with van der Waals surface area (Å²) in [5.41, 5.74) is 1.58. The van der Waals surface area contributed by atoms with Crippen molar-refractivity contribution < 1.29 is 4.74 Å². The topological polar surface area (TPSA) is 56.1 Å². The van der Waals surface area contributed by atoms with E-state index in [4.69, 9.17) is 16.3 Å². The predicted molar refractivity (Wildman–Crippen MR) is 78.8 cm³/mol. The van der Waals surface area contributed by atoms with Crippen molar-refractivity contribution in [3.05, 3.63) is 9.89 Å². The lowest BCUT2D eigenvalue weighted by molar-refractivity contribution is 0.196. The quantitative estimate of drug-likeness (QED) is 0.613. The molecule has 0 radical (unpaired) electrons. The number of halogens is 2. The molecule has 0 atom stereocenters. The van der Waals surface area contributed by atoms with Crippen molar-refractivity contribution in [2.45, 2.75) is 6.42 Å². The molecule has 0 spiro atoms. The van der Waals surface area contributed by atoms with E-state index in [2.05, 4.69) is 31.0 Å². The van der Waals surface area contributed by atoms with Gasteiger partial charge in [0.05, 0.1) is 0 Å². The molecule has 0 aliphatic carbocycles. The molecule has 0 saturated heterocycles. The molecule has 2 rings (SSSR count). The van der Waals surface area contributed by atoms with Crippen LogP contribution in [0.3, 0.4) is 0 Å². The van der Waals surface area contributed by atoms with E-state index in [0.29, 0.717) is 11.2 Å². The zero-order chi connectivity index (χ0) is 14.0. The van der Waals surface area contributed by atoms with E-state index < -0.39 is 0 Å². The summed E-state index contributed by atoms with van der Waals surface area (Å²) in [6, 6.07) is 0. The molecule has 0 fully saturated rings. The smallest absolute Gasteiger partial charge is 0.225 e. The third-order valence-electron chi connectivity index (χ3n) is 2.80. The summed E-state index contributed by atoms with van der Waals surface area (Å²) >= 11 is 9.36. The molecule has 2 heterocycles. The van der Waals surface area contributed by atoms with Crippen LogP contribution in [-0.2, 0) is 11.8 Å². The lowest BCUT2D eigenvalue weighted by Gasteiger charge is -2.19. The van der Waals surface area contributed by atoms with E-state index in [1.165, 1.54) is 0 Å². The maximum Gasteiger partial charge on any atom is 0.225 e. The van der Waals surface area contributed by atoms with Crippen molar-refractivity contribution in [2.24, 2.45) is 7.05 Å². The van der Waals surface area contributed by atoms with Crippen molar-refractivity contribution in [3.63, 3.8) is 0 Å². The van der Waals surface area contributed by atoms with Gasteiger partial charge in [-0.15, -0.1) is 0 Å². The van der Waals surface area contributed by atoms with Gasteiger partial charge in [-0.2, -0.15) is 10.1 Å². The third kappa shape index (κ3) is 2.98. The van der Waals surface area contributed by atoms with Gasteiger partial charge in [0.25, 0.3) is 0 Å². The van der Waals surface area contributed by atoms with E-state index in [1.54, 1.807) is 11.8 Å². The number of aromatic nitrogens is 4. The van der Waals surface area contributed by atoms with Crippen LogP contribution < -0.4 is 4.90 Å². The van der Waals surface area contributed by atoms with Gasteiger partial charge in [-0.25, -0.2) is 4.98 Å². The van der Waals surface area contributed by atoms with E-state index in [-0.39, 0.29) is 5.28 Å². The minimum absolute atomic E-state index is 0.217. The van der Waals surface area contributed by atoms with Crippen LogP contribution in [0.15, 0.2) is 4.60 Å². The summed E-state index contributed by atoms with van der Waals surface area (Å²) in [7, 11) is 5.52. The molecule has 8 heteroatoms. The molecular formula is C11H15BrClN5O. The third-order valence-corrected chi connectivity index (χ3v) is 3.50. The zero-order valence-corrected chi connectivity index (χ0v) is 13.4. The fraction of sp³-hybridized carbons (Fsp3) is 0.545. The van der Waals surface area contributed by atoms with Gasteiger partial charge < -0.3 is 9.64 Å². The first-order chi connectivity index (χ1) is 9.04. The highest BCUT2D eigenvalue weighted by Crippen LogP contribution is 2.29. The second-order valence-corrected chi connectivity index (χ2v) is 5.28. The average Bonchev–Trinajstić information content (AvgIpc) is 2.64. The Morgan fingerprint density at radius 3 is 2.84 bits per heavy atom. The van der Waals surface area contributed by atoms with Crippen LogP contribution in [0.1, 0.15) is 6.42 Å². The Labute approximate surface area is 124 Å². The molecule has 0 aliphatic rings. The molecule has 2 aromatic rings.